The van der Waals surface area contributed by atoms with Crippen molar-refractivity contribution in [3.05, 3.63) is 125 Å². The zero-order valence-corrected chi connectivity index (χ0v) is 25.3. The molecule has 0 bridgehead atoms. The summed E-state index contributed by atoms with van der Waals surface area (Å²) in [5.41, 5.74) is 4.42. The molecule has 0 aliphatic heterocycles. The fourth-order valence-corrected chi connectivity index (χ4v) is 6.33. The zero-order chi connectivity index (χ0) is 30.4. The number of nitrogens with zero attached hydrogens (tertiary/aromatic N) is 2. The van der Waals surface area contributed by atoms with Crippen LogP contribution in [0.25, 0.3) is 22.4 Å². The molecule has 218 valence electrons. The Hall–Kier alpha value is -4.35. The highest BCUT2D eigenvalue weighted by atomic mass is 35.5. The van der Waals surface area contributed by atoms with Crippen molar-refractivity contribution in [2.45, 2.75) is 11.4 Å². The first-order valence-corrected chi connectivity index (χ1v) is 15.8. The van der Waals surface area contributed by atoms with Gasteiger partial charge in [0.15, 0.2) is 11.7 Å². The largest absolute Gasteiger partial charge is 0.452 e. The third kappa shape index (κ3) is 7.36. The molecule has 0 saturated carbocycles. The van der Waals surface area contributed by atoms with Crippen LogP contribution in [0.5, 0.6) is 0 Å². The number of halogens is 1. The lowest BCUT2D eigenvalue weighted by Gasteiger charge is -2.18. The van der Waals surface area contributed by atoms with Crippen molar-refractivity contribution in [3.8, 4) is 22.4 Å². The molecule has 1 aromatic heterocycles. The molecule has 1 N–H and O–H groups in total. The quantitative estimate of drug-likeness (QED) is 0.171. The summed E-state index contributed by atoms with van der Waals surface area (Å²) in [6.07, 6.45) is 0. The second-order valence-corrected chi connectivity index (χ2v) is 12.8. The lowest BCUT2D eigenvalue weighted by atomic mass is 10.0. The Balaban J connectivity index is 1.19. The summed E-state index contributed by atoms with van der Waals surface area (Å²) >= 11 is 7.42. The Morgan fingerprint density at radius 1 is 0.884 bits per heavy atom. The van der Waals surface area contributed by atoms with Crippen LogP contribution in [-0.4, -0.2) is 43.2 Å². The van der Waals surface area contributed by atoms with Crippen molar-refractivity contribution in [1.29, 1.82) is 0 Å². The molecule has 11 heteroatoms. The molecule has 0 unspecified atom stereocenters. The van der Waals surface area contributed by atoms with Crippen LogP contribution in [0.2, 0.25) is 5.02 Å². The van der Waals surface area contributed by atoms with Gasteiger partial charge in [-0.15, -0.1) is 11.3 Å². The lowest BCUT2D eigenvalue weighted by molar-refractivity contribution is -0.119. The van der Waals surface area contributed by atoms with E-state index in [4.69, 9.17) is 16.3 Å². The smallest absolute Gasteiger partial charge is 0.340 e. The highest BCUT2D eigenvalue weighted by Gasteiger charge is 2.24. The molecule has 1 amide bonds. The summed E-state index contributed by atoms with van der Waals surface area (Å²) in [5, 5.41) is 4.78. The number of nitrogens with one attached hydrogen (secondary N) is 1. The summed E-state index contributed by atoms with van der Waals surface area (Å²) in [5.74, 6) is -1.53. The van der Waals surface area contributed by atoms with Gasteiger partial charge in [-0.2, -0.15) is 4.31 Å². The summed E-state index contributed by atoms with van der Waals surface area (Å²) in [7, 11) is -2.49. The molecule has 4 aromatic carbocycles. The van der Waals surface area contributed by atoms with Gasteiger partial charge < -0.3 is 4.74 Å². The number of rotatable bonds is 10. The van der Waals surface area contributed by atoms with E-state index in [0.717, 1.165) is 28.3 Å². The number of anilines is 1. The van der Waals surface area contributed by atoms with Crippen molar-refractivity contribution < 1.29 is 22.7 Å². The van der Waals surface area contributed by atoms with Crippen molar-refractivity contribution in [2.24, 2.45) is 0 Å². The summed E-state index contributed by atoms with van der Waals surface area (Å²) in [6, 6.07) is 30.8. The van der Waals surface area contributed by atoms with E-state index in [1.165, 1.54) is 34.8 Å². The fraction of sp³-hybridized carbons (Fsp3) is 0.0938. The summed E-state index contributed by atoms with van der Waals surface area (Å²) < 4.78 is 32.6. The first kappa shape index (κ1) is 30.1. The molecule has 5 aromatic rings. The molecule has 0 saturated heterocycles. The van der Waals surface area contributed by atoms with Crippen LogP contribution in [0.15, 0.2) is 113 Å². The molecule has 0 spiro atoms. The van der Waals surface area contributed by atoms with E-state index in [-0.39, 0.29) is 22.0 Å². The second-order valence-electron chi connectivity index (χ2n) is 9.49. The van der Waals surface area contributed by atoms with Crippen LogP contribution in [-0.2, 0) is 26.1 Å². The molecule has 0 fully saturated rings. The van der Waals surface area contributed by atoms with E-state index in [0.29, 0.717) is 10.8 Å². The molecule has 0 atom stereocenters. The van der Waals surface area contributed by atoms with E-state index in [9.17, 15) is 18.0 Å². The maximum absolute atomic E-state index is 13.1. The molecule has 43 heavy (non-hydrogen) atoms. The van der Waals surface area contributed by atoms with E-state index < -0.39 is 28.5 Å². The van der Waals surface area contributed by atoms with Crippen LogP contribution in [0, 0.1) is 0 Å². The van der Waals surface area contributed by atoms with Gasteiger partial charge >= 0.3 is 5.97 Å². The van der Waals surface area contributed by atoms with Gasteiger partial charge in [-0.1, -0.05) is 96.5 Å². The van der Waals surface area contributed by atoms with Gasteiger partial charge in [-0.3, -0.25) is 10.1 Å². The van der Waals surface area contributed by atoms with E-state index in [2.05, 4.69) is 10.3 Å². The van der Waals surface area contributed by atoms with Crippen molar-refractivity contribution in [2.75, 3.05) is 19.0 Å². The molecular formula is C32H26ClN3O5S2. The maximum Gasteiger partial charge on any atom is 0.340 e. The number of carbonyl (C=O) groups excluding carboxylic acids is 2. The molecule has 1 heterocycles. The van der Waals surface area contributed by atoms with Gasteiger partial charge in [0.1, 0.15) is 0 Å². The Morgan fingerprint density at radius 2 is 1.51 bits per heavy atom. The van der Waals surface area contributed by atoms with E-state index in [1.807, 2.05) is 90.3 Å². The molecule has 0 aliphatic carbocycles. The summed E-state index contributed by atoms with van der Waals surface area (Å²) in [6.45, 7) is -0.468. The maximum atomic E-state index is 13.1. The molecule has 5 rings (SSSR count). The van der Waals surface area contributed by atoms with E-state index >= 15 is 0 Å². The number of amides is 1. The topological polar surface area (TPSA) is 106 Å². The van der Waals surface area contributed by atoms with Crippen LogP contribution in [0.4, 0.5) is 5.13 Å². The van der Waals surface area contributed by atoms with Crippen molar-refractivity contribution in [3.63, 3.8) is 0 Å². The van der Waals surface area contributed by atoms with E-state index in [1.54, 1.807) is 0 Å². The zero-order valence-electron chi connectivity index (χ0n) is 22.9. The Morgan fingerprint density at radius 3 is 2.21 bits per heavy atom. The molecule has 8 nitrogen and oxygen atoms in total. The average Bonchev–Trinajstić information content (AvgIpc) is 3.49. The number of thiazole rings is 1. The highest BCUT2D eigenvalue weighted by molar-refractivity contribution is 7.89. The highest BCUT2D eigenvalue weighted by Crippen LogP contribution is 2.28. The van der Waals surface area contributed by atoms with Crippen LogP contribution >= 0.6 is 22.9 Å². The van der Waals surface area contributed by atoms with Crippen LogP contribution in [0.3, 0.4) is 0 Å². The average molecular weight is 632 g/mol. The SMILES string of the molecule is CN(Cc1ccccc1)S(=O)(=O)c1ccc(Cl)c(C(=O)OCC(=O)Nc2nc(-c3ccc(-c4ccccc4)cc3)cs2)c1. The third-order valence-electron chi connectivity index (χ3n) is 6.49. The lowest BCUT2D eigenvalue weighted by Crippen LogP contribution is -2.27. The number of hydrogen-bond donors (Lipinski definition) is 1. The number of carbonyl (C=O) groups is 2. The normalized spacial score (nSPS) is 11.3. The Kier molecular flexibility index (Phi) is 9.32. The Bertz CT molecular complexity index is 1850. The third-order valence-corrected chi connectivity index (χ3v) is 9.37. The van der Waals surface area contributed by atoms with Crippen molar-refractivity contribution in [1.82, 2.24) is 9.29 Å². The standard InChI is InChI=1S/C32H26ClN3O5S2/c1-36(19-22-8-4-2-5-9-22)43(39,40)26-16-17-28(33)27(18-26)31(38)41-20-30(37)35-32-34-29(21-42-32)25-14-12-24(13-15-25)23-10-6-3-7-11-23/h2-18,21H,19-20H2,1H3,(H,34,35,37). The number of aromatic nitrogens is 1. The summed E-state index contributed by atoms with van der Waals surface area (Å²) in [4.78, 5) is 29.6. The van der Waals surface area contributed by atoms with Crippen molar-refractivity contribution >= 4 is 50.0 Å². The van der Waals surface area contributed by atoms with Gasteiger partial charge in [0.2, 0.25) is 10.0 Å². The van der Waals surface area contributed by atoms with Gasteiger partial charge in [-0.05, 0) is 34.9 Å². The van der Waals surface area contributed by atoms with Crippen LogP contribution in [0.1, 0.15) is 15.9 Å². The minimum atomic E-state index is -3.94. The number of benzene rings is 4. The van der Waals surface area contributed by atoms with Gasteiger partial charge in [0.25, 0.3) is 5.91 Å². The molecular weight excluding hydrogens is 606 g/mol. The predicted molar refractivity (Wildman–Crippen MR) is 168 cm³/mol. The number of ether oxygens (including phenoxy) is 1. The first-order valence-electron chi connectivity index (χ1n) is 13.1. The van der Waals surface area contributed by atoms with Gasteiger partial charge in [0, 0.05) is 24.5 Å². The molecule has 0 radical (unpaired) electrons. The van der Waals surface area contributed by atoms with Gasteiger partial charge in [-0.25, -0.2) is 18.2 Å². The Labute approximate surface area is 258 Å². The number of esters is 1. The first-order chi connectivity index (χ1) is 20.7. The fourth-order valence-electron chi connectivity index (χ4n) is 4.22. The van der Waals surface area contributed by atoms with Crippen LogP contribution < -0.4 is 5.32 Å². The monoisotopic (exact) mass is 631 g/mol. The predicted octanol–water partition coefficient (Wildman–Crippen LogP) is 6.75. The molecule has 0 aliphatic rings. The minimum absolute atomic E-state index is 0.00193. The second kappa shape index (κ2) is 13.3. The minimum Gasteiger partial charge on any atom is -0.452 e. The van der Waals surface area contributed by atoms with Gasteiger partial charge in [0.05, 0.1) is 21.2 Å². The number of sulfonamides is 1. The number of hydrogen-bond acceptors (Lipinski definition) is 7.